The summed E-state index contributed by atoms with van der Waals surface area (Å²) in [4.78, 5) is 25.6. The fourth-order valence-corrected chi connectivity index (χ4v) is 5.30. The first kappa shape index (κ1) is 29.3. The molecule has 0 aliphatic heterocycles. The Bertz CT molecular complexity index is 1280. The Morgan fingerprint density at radius 1 is 1.05 bits per heavy atom. The lowest BCUT2D eigenvalue weighted by Gasteiger charge is -2.21. The quantitative estimate of drug-likeness (QED) is 0.178. The third-order valence-corrected chi connectivity index (χ3v) is 6.99. The number of rotatable bonds is 11. The van der Waals surface area contributed by atoms with E-state index in [1.165, 1.54) is 17.8 Å². The van der Waals surface area contributed by atoms with Crippen LogP contribution in [0.1, 0.15) is 42.5 Å². The zero-order valence-corrected chi connectivity index (χ0v) is 23.9. The van der Waals surface area contributed by atoms with E-state index in [-0.39, 0.29) is 28.5 Å². The van der Waals surface area contributed by atoms with Crippen LogP contribution in [0.25, 0.3) is 0 Å². The van der Waals surface area contributed by atoms with Crippen molar-refractivity contribution in [2.45, 2.75) is 38.0 Å². The first-order chi connectivity index (χ1) is 17.6. The van der Waals surface area contributed by atoms with Crippen molar-refractivity contribution in [3.05, 3.63) is 80.5 Å². The first-order valence-electron chi connectivity index (χ1n) is 11.3. The molecule has 1 atom stereocenters. The van der Waals surface area contributed by atoms with E-state index in [9.17, 15) is 9.59 Å². The summed E-state index contributed by atoms with van der Waals surface area (Å²) in [5.74, 6) is 0.251. The molecule has 0 aliphatic carbocycles. The molecule has 3 aromatic rings. The molecule has 0 saturated carbocycles. The van der Waals surface area contributed by atoms with Gasteiger partial charge in [0.25, 0.3) is 5.91 Å². The molecule has 0 saturated heterocycles. The van der Waals surface area contributed by atoms with Gasteiger partial charge in [-0.25, -0.2) is 0 Å². The second-order valence-corrected chi connectivity index (χ2v) is 11.2. The number of halogens is 4. The number of anilines is 1. The van der Waals surface area contributed by atoms with E-state index in [1.54, 1.807) is 36.4 Å². The van der Waals surface area contributed by atoms with Crippen LogP contribution in [0.5, 0.6) is 0 Å². The molecule has 0 aliphatic rings. The van der Waals surface area contributed by atoms with Crippen LogP contribution in [0.3, 0.4) is 0 Å². The summed E-state index contributed by atoms with van der Waals surface area (Å²) in [6, 6.07) is 9.06. The van der Waals surface area contributed by atoms with Gasteiger partial charge >= 0.3 is 0 Å². The maximum atomic E-state index is 13.1. The number of aromatic nitrogens is 3. The lowest BCUT2D eigenvalue weighted by Crippen LogP contribution is -2.32. The van der Waals surface area contributed by atoms with Gasteiger partial charge in [-0.3, -0.25) is 9.59 Å². The summed E-state index contributed by atoms with van der Waals surface area (Å²) >= 11 is 25.4. The summed E-state index contributed by atoms with van der Waals surface area (Å²) in [6.45, 7) is 8.31. The van der Waals surface area contributed by atoms with Gasteiger partial charge in [-0.2, -0.15) is 0 Å². The average molecular weight is 601 g/mol. The van der Waals surface area contributed by atoms with Crippen LogP contribution in [-0.4, -0.2) is 32.3 Å². The van der Waals surface area contributed by atoms with Gasteiger partial charge in [-0.15, -0.1) is 16.8 Å². The lowest BCUT2D eigenvalue weighted by molar-refractivity contribution is -0.113. The summed E-state index contributed by atoms with van der Waals surface area (Å²) in [5, 5.41) is 16.5. The van der Waals surface area contributed by atoms with Gasteiger partial charge in [0, 0.05) is 27.3 Å². The number of hydrogen-bond donors (Lipinski definition) is 2. The zero-order valence-electron chi connectivity index (χ0n) is 20.1. The molecule has 1 aromatic heterocycles. The Hall–Kier alpha value is -2.23. The predicted molar refractivity (Wildman–Crippen MR) is 152 cm³/mol. The predicted octanol–water partition coefficient (Wildman–Crippen LogP) is 7.33. The number of thioether (sulfide) groups is 1. The van der Waals surface area contributed by atoms with Crippen LogP contribution >= 0.6 is 58.2 Å². The van der Waals surface area contributed by atoms with E-state index in [2.05, 4.69) is 27.4 Å². The van der Waals surface area contributed by atoms with Gasteiger partial charge in [-0.1, -0.05) is 78.1 Å². The molecule has 0 bridgehead atoms. The normalized spacial score (nSPS) is 11.9. The van der Waals surface area contributed by atoms with E-state index in [0.717, 1.165) is 0 Å². The minimum absolute atomic E-state index is 0.0704. The molecular formula is C25H25Cl4N5O2S. The minimum atomic E-state index is -0.455. The average Bonchev–Trinajstić information content (AvgIpc) is 3.19. The summed E-state index contributed by atoms with van der Waals surface area (Å²) in [6.07, 6.45) is 2.31. The number of carbonyl (C=O) groups is 2. The monoisotopic (exact) mass is 599 g/mol. The van der Waals surface area contributed by atoms with Crippen LogP contribution in [-0.2, 0) is 11.3 Å². The van der Waals surface area contributed by atoms with Crippen molar-refractivity contribution in [2.75, 3.05) is 11.1 Å². The Morgan fingerprint density at radius 2 is 1.76 bits per heavy atom. The molecule has 2 N–H and O–H groups in total. The van der Waals surface area contributed by atoms with Crippen LogP contribution in [0, 0.1) is 5.92 Å². The Morgan fingerprint density at radius 3 is 2.38 bits per heavy atom. The van der Waals surface area contributed by atoms with Crippen molar-refractivity contribution in [1.29, 1.82) is 0 Å². The summed E-state index contributed by atoms with van der Waals surface area (Å²) in [7, 11) is 0. The molecule has 37 heavy (non-hydrogen) atoms. The third-order valence-electron chi connectivity index (χ3n) is 5.04. The van der Waals surface area contributed by atoms with Crippen LogP contribution in [0.15, 0.2) is 54.2 Å². The highest BCUT2D eigenvalue weighted by Crippen LogP contribution is 2.28. The van der Waals surface area contributed by atoms with Crippen molar-refractivity contribution in [3.63, 3.8) is 0 Å². The molecule has 12 heteroatoms. The van der Waals surface area contributed by atoms with Gasteiger partial charge in [-0.05, 0) is 48.7 Å². The maximum absolute atomic E-state index is 13.1. The minimum Gasteiger partial charge on any atom is -0.342 e. The SMILES string of the molecule is C=CCn1c(SCC(=O)Nc2cc(Cl)cc(Cl)c2)nnc1[C@H](CC(C)C)NC(=O)c1ccc(Cl)cc1Cl. The molecular weight excluding hydrogens is 576 g/mol. The molecule has 1 heterocycles. The van der Waals surface area contributed by atoms with Crippen molar-refractivity contribution in [2.24, 2.45) is 5.92 Å². The Labute approximate surface area is 239 Å². The summed E-state index contributed by atoms with van der Waals surface area (Å²) < 4.78 is 1.83. The first-order valence-corrected chi connectivity index (χ1v) is 13.8. The van der Waals surface area contributed by atoms with E-state index < -0.39 is 6.04 Å². The Kier molecular flexibility index (Phi) is 10.7. The van der Waals surface area contributed by atoms with E-state index in [1.807, 2.05) is 18.4 Å². The van der Waals surface area contributed by atoms with Gasteiger partial charge in [0.1, 0.15) is 0 Å². The highest BCUT2D eigenvalue weighted by atomic mass is 35.5. The molecule has 7 nitrogen and oxygen atoms in total. The smallest absolute Gasteiger partial charge is 0.253 e. The highest BCUT2D eigenvalue weighted by Gasteiger charge is 2.25. The number of nitrogens with zero attached hydrogens (tertiary/aromatic N) is 3. The van der Waals surface area contributed by atoms with Gasteiger partial charge in [0.15, 0.2) is 11.0 Å². The van der Waals surface area contributed by atoms with Crippen molar-refractivity contribution < 1.29 is 9.59 Å². The molecule has 0 radical (unpaired) electrons. The zero-order chi connectivity index (χ0) is 27.1. The third kappa shape index (κ3) is 8.38. The van der Waals surface area contributed by atoms with E-state index >= 15 is 0 Å². The second kappa shape index (κ2) is 13.5. The molecule has 3 rings (SSSR count). The van der Waals surface area contributed by atoms with E-state index in [4.69, 9.17) is 46.4 Å². The fraction of sp³-hybridized carbons (Fsp3) is 0.280. The number of benzene rings is 2. The largest absolute Gasteiger partial charge is 0.342 e. The van der Waals surface area contributed by atoms with Crippen molar-refractivity contribution in [3.8, 4) is 0 Å². The van der Waals surface area contributed by atoms with Crippen molar-refractivity contribution >= 4 is 75.7 Å². The van der Waals surface area contributed by atoms with Crippen LogP contribution in [0.4, 0.5) is 5.69 Å². The van der Waals surface area contributed by atoms with Crippen molar-refractivity contribution in [1.82, 2.24) is 20.1 Å². The fourth-order valence-electron chi connectivity index (χ4n) is 3.53. The molecule has 2 amide bonds. The van der Waals surface area contributed by atoms with Gasteiger partial charge < -0.3 is 15.2 Å². The number of nitrogens with one attached hydrogen (secondary N) is 2. The Balaban J connectivity index is 1.79. The van der Waals surface area contributed by atoms with E-state index in [0.29, 0.717) is 50.3 Å². The van der Waals surface area contributed by atoms with Crippen LogP contribution in [0.2, 0.25) is 20.1 Å². The maximum Gasteiger partial charge on any atom is 0.253 e. The lowest BCUT2D eigenvalue weighted by atomic mass is 10.0. The molecule has 0 fully saturated rings. The molecule has 0 unspecified atom stereocenters. The molecule has 0 spiro atoms. The molecule has 196 valence electrons. The van der Waals surface area contributed by atoms with Gasteiger partial charge in [0.2, 0.25) is 5.91 Å². The number of amides is 2. The van der Waals surface area contributed by atoms with Gasteiger partial charge in [0.05, 0.1) is 22.4 Å². The topological polar surface area (TPSA) is 88.9 Å². The highest BCUT2D eigenvalue weighted by molar-refractivity contribution is 7.99. The number of carbonyl (C=O) groups excluding carboxylic acids is 2. The standard InChI is InChI=1S/C25H25Cl4N5O2S/c1-4-7-34-23(21(8-14(2)3)31-24(36)19-6-5-15(26)12-20(19)29)32-33-25(34)37-13-22(35)30-18-10-16(27)9-17(28)11-18/h4-6,9-12,14,21H,1,7-8,13H2,2-3H3,(H,30,35)(H,31,36)/t21-/m0/s1. The number of allylic oxidation sites excluding steroid dienone is 1. The van der Waals surface area contributed by atoms with Crippen LogP contribution < -0.4 is 10.6 Å². The summed E-state index contributed by atoms with van der Waals surface area (Å²) in [5.41, 5.74) is 0.805. The second-order valence-electron chi connectivity index (χ2n) is 8.51. The molecule has 2 aromatic carbocycles. The number of hydrogen-bond acceptors (Lipinski definition) is 5.